The number of rotatable bonds is 7. The molecule has 10 nitrogen and oxygen atoms in total. The molecule has 2 aromatic rings. The van der Waals surface area contributed by atoms with Gasteiger partial charge in [-0.3, -0.25) is 4.90 Å². The number of ether oxygens (including phenoxy) is 1. The summed E-state index contributed by atoms with van der Waals surface area (Å²) in [6.45, 7) is 1.30. The van der Waals surface area contributed by atoms with Crippen molar-refractivity contribution in [2.24, 2.45) is 0 Å². The van der Waals surface area contributed by atoms with Crippen LogP contribution in [0.3, 0.4) is 0 Å². The third kappa shape index (κ3) is 4.86. The van der Waals surface area contributed by atoms with Gasteiger partial charge in [0.1, 0.15) is 11.9 Å². The van der Waals surface area contributed by atoms with E-state index in [2.05, 4.69) is 20.1 Å². The first-order valence-electron chi connectivity index (χ1n) is 13.5. The van der Waals surface area contributed by atoms with E-state index in [-0.39, 0.29) is 5.57 Å². The van der Waals surface area contributed by atoms with Gasteiger partial charge in [0.25, 0.3) is 0 Å². The van der Waals surface area contributed by atoms with Crippen LogP contribution in [0.4, 0.5) is 19.0 Å². The number of dihydropyridines is 1. The van der Waals surface area contributed by atoms with Gasteiger partial charge in [-0.1, -0.05) is 6.07 Å². The number of β-amino-alcohol motifs (C(OH)–C–C–N with tert-alkyl or cyclic N) is 1. The topological polar surface area (TPSA) is 125 Å². The second-order valence-corrected chi connectivity index (χ2v) is 10.9. The molecule has 218 valence electrons. The average Bonchev–Trinajstić information content (AvgIpc) is 2.99. The van der Waals surface area contributed by atoms with Gasteiger partial charge in [0.2, 0.25) is 5.88 Å². The summed E-state index contributed by atoms with van der Waals surface area (Å²) in [5.74, 6) is 1.41. The number of hydrogen-bond acceptors (Lipinski definition) is 10. The van der Waals surface area contributed by atoms with E-state index < -0.39 is 24.9 Å². The van der Waals surface area contributed by atoms with Gasteiger partial charge in [-0.2, -0.15) is 18.4 Å². The van der Waals surface area contributed by atoms with Crippen LogP contribution in [0.25, 0.3) is 5.57 Å². The maximum absolute atomic E-state index is 13.2. The number of anilines is 1. The number of methoxy groups -OCH3 is 1. The molecule has 0 spiro atoms. The van der Waals surface area contributed by atoms with Crippen molar-refractivity contribution >= 4 is 17.6 Å². The molecule has 0 saturated carbocycles. The Kier molecular flexibility index (Phi) is 6.90. The lowest BCUT2D eigenvalue weighted by Gasteiger charge is -2.56. The number of aromatic nitrogens is 2. The number of halogens is 3. The van der Waals surface area contributed by atoms with Gasteiger partial charge in [-0.25, -0.2) is 9.97 Å². The van der Waals surface area contributed by atoms with Crippen molar-refractivity contribution in [2.45, 2.75) is 36.8 Å². The molecule has 5 aliphatic rings. The van der Waals surface area contributed by atoms with Gasteiger partial charge >= 0.3 is 6.18 Å². The molecule has 5 aliphatic heterocycles. The number of nitrogens with one attached hydrogen (secondary N) is 2. The van der Waals surface area contributed by atoms with Crippen LogP contribution in [0.1, 0.15) is 17.5 Å². The van der Waals surface area contributed by atoms with E-state index in [9.17, 15) is 23.5 Å². The molecule has 0 aromatic carbocycles. The quantitative estimate of drug-likeness (QED) is 0.336. The number of hydrogen-bond donors (Lipinski definition) is 3. The van der Waals surface area contributed by atoms with Crippen molar-refractivity contribution in [3.8, 4) is 11.9 Å². The van der Waals surface area contributed by atoms with Gasteiger partial charge in [0.15, 0.2) is 5.60 Å². The average molecular weight is 579 g/mol. The molecule has 2 bridgehead atoms. The second-order valence-electron chi connectivity index (χ2n) is 10.9. The minimum absolute atomic E-state index is 0.0688. The van der Waals surface area contributed by atoms with Crippen molar-refractivity contribution in [1.29, 1.82) is 10.7 Å². The molecular formula is C29H29F3N8O2. The van der Waals surface area contributed by atoms with Crippen molar-refractivity contribution < 1.29 is 23.0 Å². The summed E-state index contributed by atoms with van der Waals surface area (Å²) < 4.78 is 44.7. The maximum Gasteiger partial charge on any atom is 0.420 e. The third-order valence-electron chi connectivity index (χ3n) is 8.36. The van der Waals surface area contributed by atoms with Crippen LogP contribution in [0.15, 0.2) is 65.9 Å². The normalized spacial score (nSPS) is 24.3. The Labute approximate surface area is 240 Å². The standard InChI is InChI=1S/C29H29F3N8O2/c1-42-26-5-2-18(10-36-26)13-40-22-6-23(40)15-38(14-22)25-4-3-19(11-35-25)24-7-21(12-37-27(24)20(8-33)9-34)39-16-28(41,17-39)29(30,31)32/h2-5,7-8,10-12,22-23,33,37,41H,6,13-17H2,1H3/b27-20+,33-8?. The highest BCUT2D eigenvalue weighted by atomic mass is 19.4. The Hall–Kier alpha value is -4.41. The van der Waals surface area contributed by atoms with Crippen LogP contribution in [-0.4, -0.2) is 88.2 Å². The highest BCUT2D eigenvalue weighted by molar-refractivity contribution is 5.93. The molecule has 4 saturated heterocycles. The summed E-state index contributed by atoms with van der Waals surface area (Å²) in [5, 5.41) is 30.1. The molecule has 3 N–H and O–H groups in total. The van der Waals surface area contributed by atoms with Gasteiger partial charge < -0.3 is 30.4 Å². The summed E-state index contributed by atoms with van der Waals surface area (Å²) in [7, 11) is 1.60. The molecule has 42 heavy (non-hydrogen) atoms. The number of aliphatic hydroxyl groups is 1. The van der Waals surface area contributed by atoms with Gasteiger partial charge in [-0.15, -0.1) is 0 Å². The lowest BCUT2D eigenvalue weighted by Crippen LogP contribution is -2.68. The molecule has 0 radical (unpaired) electrons. The van der Waals surface area contributed by atoms with E-state index in [1.165, 1.54) is 11.1 Å². The zero-order chi connectivity index (χ0) is 29.6. The largest absolute Gasteiger partial charge is 0.481 e. The van der Waals surface area contributed by atoms with Crippen LogP contribution < -0.4 is 15.0 Å². The number of piperazine rings is 1. The lowest BCUT2D eigenvalue weighted by atomic mass is 9.87. The Bertz CT molecular complexity index is 1490. The van der Waals surface area contributed by atoms with E-state index in [0.29, 0.717) is 40.5 Å². The number of likely N-dealkylation sites (tertiary alicyclic amines) is 1. The summed E-state index contributed by atoms with van der Waals surface area (Å²) in [5.41, 5.74) is 0.399. The van der Waals surface area contributed by atoms with E-state index in [4.69, 9.17) is 15.1 Å². The predicted octanol–water partition coefficient (Wildman–Crippen LogP) is 2.81. The number of pyridine rings is 2. The van der Waals surface area contributed by atoms with Crippen LogP contribution >= 0.6 is 0 Å². The van der Waals surface area contributed by atoms with E-state index in [0.717, 1.165) is 43.7 Å². The summed E-state index contributed by atoms with van der Waals surface area (Å²) in [6, 6.07) is 10.4. The number of allylic oxidation sites excluding steroid dienone is 3. The SMILES string of the molecule is COc1ccc(CN2C3CC2CN(c2ccc(C4=CC(N5CC(O)(C(F)(F)F)C5)=CN/C4=C(/C#N)C=N)cn2)C3)cn1. The molecule has 13 heteroatoms. The number of nitriles is 1. The van der Waals surface area contributed by atoms with Crippen LogP contribution in [0.2, 0.25) is 0 Å². The molecule has 2 unspecified atom stereocenters. The Morgan fingerprint density at radius 3 is 2.52 bits per heavy atom. The number of nitrogens with zero attached hydrogens (tertiary/aromatic N) is 6. The lowest BCUT2D eigenvalue weighted by molar-refractivity contribution is -0.296. The Balaban J connectivity index is 1.17. The molecular weight excluding hydrogens is 549 g/mol. The fraction of sp³-hybridized carbons (Fsp3) is 0.379. The van der Waals surface area contributed by atoms with Crippen molar-refractivity contribution in [3.05, 3.63) is 77.0 Å². The van der Waals surface area contributed by atoms with E-state index in [1.807, 2.05) is 36.5 Å². The Morgan fingerprint density at radius 2 is 1.95 bits per heavy atom. The summed E-state index contributed by atoms with van der Waals surface area (Å²) in [4.78, 5) is 15.1. The fourth-order valence-electron chi connectivity index (χ4n) is 5.93. The maximum atomic E-state index is 13.2. The zero-order valence-corrected chi connectivity index (χ0v) is 22.8. The highest BCUT2D eigenvalue weighted by Crippen LogP contribution is 2.41. The van der Waals surface area contributed by atoms with Crippen LogP contribution in [0, 0.1) is 16.7 Å². The van der Waals surface area contributed by atoms with Crippen molar-refractivity contribution in [3.63, 3.8) is 0 Å². The van der Waals surface area contributed by atoms with Gasteiger partial charge in [-0.05, 0) is 30.2 Å². The molecule has 2 atom stereocenters. The van der Waals surface area contributed by atoms with E-state index >= 15 is 0 Å². The van der Waals surface area contributed by atoms with Gasteiger partial charge in [0.05, 0.1) is 37.2 Å². The molecule has 7 rings (SSSR count). The van der Waals surface area contributed by atoms with E-state index in [1.54, 1.807) is 19.4 Å². The second kappa shape index (κ2) is 10.5. The predicted molar refractivity (Wildman–Crippen MR) is 148 cm³/mol. The fourth-order valence-corrected chi connectivity index (χ4v) is 5.93. The molecule has 0 aliphatic carbocycles. The Morgan fingerprint density at radius 1 is 1.19 bits per heavy atom. The van der Waals surface area contributed by atoms with Crippen LogP contribution in [0.5, 0.6) is 5.88 Å². The number of alkyl halides is 3. The molecule has 7 heterocycles. The summed E-state index contributed by atoms with van der Waals surface area (Å²) in [6.07, 6.45) is 3.98. The molecule has 0 amide bonds. The van der Waals surface area contributed by atoms with Crippen LogP contribution in [-0.2, 0) is 6.54 Å². The third-order valence-corrected chi connectivity index (χ3v) is 8.36. The van der Waals surface area contributed by atoms with Crippen molar-refractivity contribution in [1.82, 2.24) is 25.1 Å². The van der Waals surface area contributed by atoms with Gasteiger partial charge in [0, 0.05) is 73.7 Å². The first-order chi connectivity index (χ1) is 20.1. The minimum atomic E-state index is -4.73. The molecule has 2 aromatic heterocycles. The highest BCUT2D eigenvalue weighted by Gasteiger charge is 2.61. The first kappa shape index (κ1) is 27.7. The first-order valence-corrected chi connectivity index (χ1v) is 13.5. The zero-order valence-electron chi connectivity index (χ0n) is 22.8. The number of piperidine rings is 1. The monoisotopic (exact) mass is 578 g/mol. The number of fused-ring (bicyclic) bond motifs is 2. The minimum Gasteiger partial charge on any atom is -0.481 e. The smallest absolute Gasteiger partial charge is 0.420 e. The molecule has 4 fully saturated rings. The van der Waals surface area contributed by atoms with Crippen molar-refractivity contribution in [2.75, 3.05) is 38.2 Å². The summed E-state index contributed by atoms with van der Waals surface area (Å²) >= 11 is 0.